The monoisotopic (exact) mass is 346 g/mol. The van der Waals surface area contributed by atoms with Gasteiger partial charge >= 0.3 is 5.97 Å². The lowest BCUT2D eigenvalue weighted by Crippen LogP contribution is -2.12. The van der Waals surface area contributed by atoms with Crippen LogP contribution in [0.1, 0.15) is 26.3 Å². The summed E-state index contributed by atoms with van der Waals surface area (Å²) < 4.78 is 9.90. The molecule has 0 spiro atoms. The van der Waals surface area contributed by atoms with E-state index in [-0.39, 0.29) is 22.4 Å². The summed E-state index contributed by atoms with van der Waals surface area (Å²) in [6.45, 7) is -0.426. The van der Waals surface area contributed by atoms with Gasteiger partial charge in [0.15, 0.2) is 11.5 Å². The van der Waals surface area contributed by atoms with Crippen LogP contribution in [0, 0.1) is 10.1 Å². The van der Waals surface area contributed by atoms with Crippen LogP contribution in [-0.2, 0) is 11.3 Å². The summed E-state index contributed by atoms with van der Waals surface area (Å²) in [6, 6.07) is 7.84. The van der Waals surface area contributed by atoms with Crippen molar-refractivity contribution in [3.63, 3.8) is 0 Å². The predicted molar refractivity (Wildman–Crippen MR) is 85.4 cm³/mol. The highest BCUT2D eigenvalue weighted by molar-refractivity contribution is 5.94. The molecule has 0 aliphatic rings. The second-order valence-corrected chi connectivity index (χ2v) is 4.90. The maximum absolute atomic E-state index is 12.1. The Hall–Kier alpha value is -3.62. The third-order valence-electron chi connectivity index (χ3n) is 3.36. The molecule has 0 saturated heterocycles. The Morgan fingerprint density at radius 3 is 2.60 bits per heavy atom. The van der Waals surface area contributed by atoms with Gasteiger partial charge in [-0.05, 0) is 24.3 Å². The van der Waals surface area contributed by atoms with Crippen LogP contribution in [0.25, 0.3) is 0 Å². The quantitative estimate of drug-likeness (QED) is 0.461. The number of nitro benzene ring substituents is 1. The number of ether oxygens (including phenoxy) is 2. The fourth-order valence-electron chi connectivity index (χ4n) is 2.08. The van der Waals surface area contributed by atoms with E-state index in [4.69, 9.17) is 15.2 Å². The molecule has 2 aromatic carbocycles. The van der Waals surface area contributed by atoms with Crippen LogP contribution in [0.5, 0.6) is 11.5 Å². The van der Waals surface area contributed by atoms with Gasteiger partial charge in [-0.2, -0.15) is 0 Å². The third-order valence-corrected chi connectivity index (χ3v) is 3.36. The smallest absolute Gasteiger partial charge is 0.342 e. The van der Waals surface area contributed by atoms with Crippen LogP contribution >= 0.6 is 0 Å². The van der Waals surface area contributed by atoms with Gasteiger partial charge in [-0.25, -0.2) is 4.79 Å². The number of aromatic hydroxyl groups is 1. The molecule has 2 aromatic rings. The average Bonchev–Trinajstić information content (AvgIpc) is 2.59. The molecule has 0 radical (unpaired) electrons. The molecule has 3 N–H and O–H groups in total. The number of carbonyl (C=O) groups is 2. The first-order chi connectivity index (χ1) is 11.8. The summed E-state index contributed by atoms with van der Waals surface area (Å²) in [7, 11) is 1.33. The Morgan fingerprint density at radius 1 is 1.28 bits per heavy atom. The topological polar surface area (TPSA) is 142 Å². The molecule has 0 aliphatic carbocycles. The second-order valence-electron chi connectivity index (χ2n) is 4.90. The first-order valence-corrected chi connectivity index (χ1v) is 6.95. The number of nitro groups is 1. The number of nitrogens with zero attached hydrogens (tertiary/aromatic N) is 1. The Balaban J connectivity index is 2.22. The molecule has 0 fully saturated rings. The van der Waals surface area contributed by atoms with Gasteiger partial charge in [-0.3, -0.25) is 14.9 Å². The predicted octanol–water partition coefficient (Wildman–Crippen LogP) is 1.76. The Bertz CT molecular complexity index is 848. The number of para-hydroxylation sites is 1. The molecule has 0 saturated carbocycles. The maximum atomic E-state index is 12.1. The van der Waals surface area contributed by atoms with E-state index in [1.165, 1.54) is 37.4 Å². The zero-order chi connectivity index (χ0) is 18.6. The van der Waals surface area contributed by atoms with Crippen molar-refractivity contribution < 1.29 is 29.1 Å². The van der Waals surface area contributed by atoms with Crippen molar-refractivity contribution in [2.75, 3.05) is 7.11 Å². The van der Waals surface area contributed by atoms with Crippen LogP contribution in [0.2, 0.25) is 0 Å². The molecule has 0 heterocycles. The third kappa shape index (κ3) is 3.83. The summed E-state index contributed by atoms with van der Waals surface area (Å²) in [5.41, 5.74) is 4.58. The number of benzene rings is 2. The molecule has 9 heteroatoms. The van der Waals surface area contributed by atoms with E-state index in [1.54, 1.807) is 0 Å². The molecular weight excluding hydrogens is 332 g/mol. The number of amides is 1. The lowest BCUT2D eigenvalue weighted by molar-refractivity contribution is -0.385. The molecule has 0 atom stereocenters. The van der Waals surface area contributed by atoms with Crippen molar-refractivity contribution in [1.82, 2.24) is 0 Å². The molecule has 25 heavy (non-hydrogen) atoms. The zero-order valence-corrected chi connectivity index (χ0v) is 13.1. The summed E-state index contributed by atoms with van der Waals surface area (Å²) in [4.78, 5) is 33.6. The minimum absolute atomic E-state index is 0.0350. The van der Waals surface area contributed by atoms with Crippen LogP contribution in [-0.4, -0.2) is 29.0 Å². The number of primary amides is 1. The lowest BCUT2D eigenvalue weighted by Gasteiger charge is -2.09. The number of carbonyl (C=O) groups excluding carboxylic acids is 2. The Labute approximate surface area is 141 Å². The van der Waals surface area contributed by atoms with Gasteiger partial charge in [0.2, 0.25) is 5.91 Å². The minimum Gasteiger partial charge on any atom is -0.504 e. The molecule has 0 unspecified atom stereocenters. The van der Waals surface area contributed by atoms with Crippen molar-refractivity contribution >= 4 is 17.6 Å². The normalized spacial score (nSPS) is 10.1. The summed E-state index contributed by atoms with van der Waals surface area (Å²) in [5.74, 6) is -2.00. The highest BCUT2D eigenvalue weighted by atomic mass is 16.6. The van der Waals surface area contributed by atoms with E-state index in [9.17, 15) is 24.8 Å². The van der Waals surface area contributed by atoms with E-state index >= 15 is 0 Å². The standard InChI is InChI=1S/C16H14N2O7/c1-24-13-4-2-3-11(14(13)19)16(21)25-8-10-6-5-9(15(17)20)7-12(10)18(22)23/h2-7,19H,8H2,1H3,(H2,17,20). The van der Waals surface area contributed by atoms with Crippen LogP contribution in [0.3, 0.4) is 0 Å². The number of nitrogens with two attached hydrogens (primary N) is 1. The van der Waals surface area contributed by atoms with Gasteiger partial charge in [0.05, 0.1) is 17.6 Å². The highest BCUT2D eigenvalue weighted by Crippen LogP contribution is 2.30. The molecule has 0 aromatic heterocycles. The van der Waals surface area contributed by atoms with Crippen LogP contribution in [0.15, 0.2) is 36.4 Å². The van der Waals surface area contributed by atoms with Crippen LogP contribution < -0.4 is 10.5 Å². The van der Waals surface area contributed by atoms with E-state index in [2.05, 4.69) is 0 Å². The summed E-state index contributed by atoms with van der Waals surface area (Å²) in [6.07, 6.45) is 0. The van der Waals surface area contributed by atoms with E-state index in [0.29, 0.717) is 0 Å². The van der Waals surface area contributed by atoms with Crippen molar-refractivity contribution in [3.8, 4) is 11.5 Å². The highest BCUT2D eigenvalue weighted by Gasteiger charge is 2.20. The van der Waals surface area contributed by atoms with Crippen molar-refractivity contribution in [2.45, 2.75) is 6.61 Å². The first-order valence-electron chi connectivity index (χ1n) is 6.95. The van der Waals surface area contributed by atoms with E-state index in [0.717, 1.165) is 6.07 Å². The number of methoxy groups -OCH3 is 1. The number of rotatable bonds is 6. The van der Waals surface area contributed by atoms with Crippen molar-refractivity contribution in [2.24, 2.45) is 5.73 Å². The van der Waals surface area contributed by atoms with Gasteiger partial charge in [-0.1, -0.05) is 6.07 Å². The SMILES string of the molecule is COc1cccc(C(=O)OCc2ccc(C(N)=O)cc2[N+](=O)[O-])c1O. The van der Waals surface area contributed by atoms with Gasteiger partial charge < -0.3 is 20.3 Å². The molecule has 0 bridgehead atoms. The molecule has 9 nitrogen and oxygen atoms in total. The van der Waals surface area contributed by atoms with Gasteiger partial charge in [0.1, 0.15) is 12.2 Å². The molecule has 0 aliphatic heterocycles. The summed E-state index contributed by atoms with van der Waals surface area (Å²) in [5, 5.41) is 21.0. The summed E-state index contributed by atoms with van der Waals surface area (Å²) >= 11 is 0. The number of phenolic OH excluding ortho intramolecular Hbond substituents is 1. The van der Waals surface area contributed by atoms with Gasteiger partial charge in [-0.15, -0.1) is 0 Å². The molecule has 1 amide bonds. The fraction of sp³-hybridized carbons (Fsp3) is 0.125. The largest absolute Gasteiger partial charge is 0.504 e. The van der Waals surface area contributed by atoms with E-state index in [1.807, 2.05) is 0 Å². The molecule has 130 valence electrons. The maximum Gasteiger partial charge on any atom is 0.342 e. The average molecular weight is 346 g/mol. The number of hydrogen-bond acceptors (Lipinski definition) is 7. The Morgan fingerprint density at radius 2 is 2.00 bits per heavy atom. The minimum atomic E-state index is -0.885. The number of phenols is 1. The Kier molecular flexibility index (Phi) is 5.18. The zero-order valence-electron chi connectivity index (χ0n) is 13.1. The second kappa shape index (κ2) is 7.30. The van der Waals surface area contributed by atoms with E-state index < -0.39 is 34.8 Å². The van der Waals surface area contributed by atoms with Crippen molar-refractivity contribution in [3.05, 3.63) is 63.2 Å². The van der Waals surface area contributed by atoms with Crippen LogP contribution in [0.4, 0.5) is 5.69 Å². The van der Waals surface area contributed by atoms with Gasteiger partial charge in [0, 0.05) is 11.6 Å². The van der Waals surface area contributed by atoms with Crippen molar-refractivity contribution in [1.29, 1.82) is 0 Å². The van der Waals surface area contributed by atoms with Gasteiger partial charge in [0.25, 0.3) is 5.69 Å². The molecular formula is C16H14N2O7. The first kappa shape index (κ1) is 17.7. The fourth-order valence-corrected chi connectivity index (χ4v) is 2.08. The molecule has 2 rings (SSSR count). The number of esters is 1. The lowest BCUT2D eigenvalue weighted by atomic mass is 10.1. The number of hydrogen-bond donors (Lipinski definition) is 2.